The number of allylic oxidation sites excluding steroid dienone is 5. The highest BCUT2D eigenvalue weighted by Gasteiger charge is 2.18. The van der Waals surface area contributed by atoms with Gasteiger partial charge in [-0.15, -0.1) is 0 Å². The third-order valence-corrected chi connectivity index (χ3v) is 16.4. The molecule has 78 heavy (non-hydrogen) atoms. The molecular weight excluding hydrogens is 959 g/mol. The maximum atomic E-state index is 12.5. The van der Waals surface area contributed by atoms with Gasteiger partial charge in [-0.25, -0.2) is 0 Å². The fourth-order valence-electron chi connectivity index (χ4n) is 11.0. The second kappa shape index (κ2) is 67.6. The summed E-state index contributed by atoms with van der Waals surface area (Å²) in [7, 11) is 0. The van der Waals surface area contributed by atoms with E-state index in [1.54, 1.807) is 6.08 Å². The topological polar surface area (TPSA) is 95.9 Å². The van der Waals surface area contributed by atoms with Crippen LogP contribution in [0, 0.1) is 0 Å². The molecule has 0 aliphatic carbocycles. The smallest absolute Gasteiger partial charge is 0.305 e. The Morgan fingerprint density at radius 2 is 0.654 bits per heavy atom. The van der Waals surface area contributed by atoms with Crippen LogP contribution in [-0.2, 0) is 14.3 Å². The number of carbonyl (C=O) groups is 2. The number of amides is 1. The van der Waals surface area contributed by atoms with Crippen molar-refractivity contribution in [3.8, 4) is 0 Å². The number of carbonyl (C=O) groups excluding carboxylic acids is 2. The number of esters is 1. The second-order valence-electron chi connectivity index (χ2n) is 24.2. The van der Waals surface area contributed by atoms with E-state index in [-0.39, 0.29) is 18.5 Å². The SMILES string of the molecule is CCCC/C=C\C/C=C\CCCCCCCC(=O)OCCCCCCCCCCCCCCCCCCCCCCCCCCCCCCCCCCC(=O)NC(CO)C(O)/C=C/CCCCCCCCCCCCCCC. The van der Waals surface area contributed by atoms with Gasteiger partial charge in [0.05, 0.1) is 25.4 Å². The molecule has 3 N–H and O–H groups in total. The average Bonchev–Trinajstić information content (AvgIpc) is 3.44. The predicted octanol–water partition coefficient (Wildman–Crippen LogP) is 22.7. The van der Waals surface area contributed by atoms with E-state index in [0.29, 0.717) is 19.4 Å². The van der Waals surface area contributed by atoms with Gasteiger partial charge < -0.3 is 20.3 Å². The molecule has 0 radical (unpaired) electrons. The van der Waals surface area contributed by atoms with Crippen molar-refractivity contribution in [2.75, 3.05) is 13.2 Å². The molecule has 2 unspecified atom stereocenters. The van der Waals surface area contributed by atoms with Crippen molar-refractivity contribution in [1.82, 2.24) is 5.32 Å². The van der Waals surface area contributed by atoms with Gasteiger partial charge >= 0.3 is 5.97 Å². The maximum absolute atomic E-state index is 12.5. The summed E-state index contributed by atoms with van der Waals surface area (Å²) in [5.41, 5.74) is 0. The molecule has 0 saturated heterocycles. The Hall–Kier alpha value is -1.92. The monoisotopic (exact) mass is 1100 g/mol. The fraction of sp³-hybridized carbons (Fsp3) is 0.889. The van der Waals surface area contributed by atoms with Gasteiger partial charge in [-0.3, -0.25) is 9.59 Å². The van der Waals surface area contributed by atoms with Gasteiger partial charge in [0.25, 0.3) is 0 Å². The Morgan fingerprint density at radius 3 is 1.01 bits per heavy atom. The van der Waals surface area contributed by atoms with Crippen LogP contribution in [0.25, 0.3) is 0 Å². The van der Waals surface area contributed by atoms with Crippen molar-refractivity contribution in [3.63, 3.8) is 0 Å². The molecule has 0 aromatic carbocycles. The molecule has 1 amide bonds. The second-order valence-corrected chi connectivity index (χ2v) is 24.2. The highest BCUT2D eigenvalue weighted by atomic mass is 16.5. The third kappa shape index (κ3) is 63.3. The van der Waals surface area contributed by atoms with Gasteiger partial charge in [-0.2, -0.15) is 0 Å². The Labute approximate surface area is 487 Å². The van der Waals surface area contributed by atoms with Crippen molar-refractivity contribution in [3.05, 3.63) is 36.5 Å². The van der Waals surface area contributed by atoms with Crippen LogP contribution in [0.2, 0.25) is 0 Å². The quantitative estimate of drug-likeness (QED) is 0.0320. The molecule has 2 atom stereocenters. The van der Waals surface area contributed by atoms with E-state index in [1.807, 2.05) is 6.08 Å². The zero-order valence-corrected chi connectivity index (χ0v) is 52.7. The Balaban J connectivity index is 3.34. The van der Waals surface area contributed by atoms with Gasteiger partial charge in [-0.1, -0.05) is 352 Å². The lowest BCUT2D eigenvalue weighted by Crippen LogP contribution is -2.45. The molecule has 0 saturated carbocycles. The largest absolute Gasteiger partial charge is 0.466 e. The van der Waals surface area contributed by atoms with E-state index >= 15 is 0 Å². The summed E-state index contributed by atoms with van der Waals surface area (Å²) in [5.74, 6) is -0.0549. The van der Waals surface area contributed by atoms with Gasteiger partial charge in [0, 0.05) is 12.8 Å². The molecule has 6 nitrogen and oxygen atoms in total. The van der Waals surface area contributed by atoms with E-state index in [1.165, 1.54) is 308 Å². The molecule has 460 valence electrons. The summed E-state index contributed by atoms with van der Waals surface area (Å²) < 4.78 is 5.48. The lowest BCUT2D eigenvalue weighted by atomic mass is 10.0. The van der Waals surface area contributed by atoms with Crippen molar-refractivity contribution in [2.45, 2.75) is 398 Å². The number of unbranched alkanes of at least 4 members (excludes halogenated alkanes) is 51. The number of ether oxygens (including phenoxy) is 1. The van der Waals surface area contributed by atoms with Crippen molar-refractivity contribution in [2.24, 2.45) is 0 Å². The number of hydrogen-bond acceptors (Lipinski definition) is 5. The number of aliphatic hydroxyl groups excluding tert-OH is 2. The van der Waals surface area contributed by atoms with Crippen LogP contribution in [0.3, 0.4) is 0 Å². The normalized spacial score (nSPS) is 12.7. The van der Waals surface area contributed by atoms with Crippen LogP contribution < -0.4 is 5.32 Å². The van der Waals surface area contributed by atoms with Crippen LogP contribution >= 0.6 is 0 Å². The van der Waals surface area contributed by atoms with E-state index in [9.17, 15) is 19.8 Å². The number of nitrogens with one attached hydrogen (secondary N) is 1. The van der Waals surface area contributed by atoms with E-state index in [4.69, 9.17) is 4.74 Å². The summed E-state index contributed by atoms with van der Waals surface area (Å²) in [4.78, 5) is 24.5. The average molecular weight is 1100 g/mol. The van der Waals surface area contributed by atoms with Crippen molar-refractivity contribution >= 4 is 11.9 Å². The minimum atomic E-state index is -0.841. The summed E-state index contributed by atoms with van der Waals surface area (Å²) in [5, 5.41) is 23.2. The third-order valence-electron chi connectivity index (χ3n) is 16.4. The molecule has 0 aromatic heterocycles. The van der Waals surface area contributed by atoms with Crippen LogP contribution in [0.4, 0.5) is 0 Å². The molecular formula is C72H137NO5. The minimum absolute atomic E-state index is 0.00648. The van der Waals surface area contributed by atoms with Crippen LogP contribution in [0.5, 0.6) is 0 Å². The van der Waals surface area contributed by atoms with E-state index < -0.39 is 12.1 Å². The summed E-state index contributed by atoms with van der Waals surface area (Å²) in [6, 6.07) is -0.624. The lowest BCUT2D eigenvalue weighted by molar-refractivity contribution is -0.143. The first-order valence-electron chi connectivity index (χ1n) is 35.3. The number of hydrogen-bond donors (Lipinski definition) is 3. The molecule has 0 aliphatic heterocycles. The van der Waals surface area contributed by atoms with E-state index in [0.717, 1.165) is 51.4 Å². The van der Waals surface area contributed by atoms with E-state index in [2.05, 4.69) is 43.5 Å². The highest BCUT2D eigenvalue weighted by Crippen LogP contribution is 2.19. The first-order valence-corrected chi connectivity index (χ1v) is 35.3. The zero-order valence-electron chi connectivity index (χ0n) is 52.7. The highest BCUT2D eigenvalue weighted by molar-refractivity contribution is 5.76. The van der Waals surface area contributed by atoms with Gasteiger partial charge in [0.2, 0.25) is 5.91 Å². The Morgan fingerprint density at radius 1 is 0.359 bits per heavy atom. The van der Waals surface area contributed by atoms with Gasteiger partial charge in [0.1, 0.15) is 0 Å². The summed E-state index contributed by atoms with van der Waals surface area (Å²) >= 11 is 0. The first-order chi connectivity index (χ1) is 38.5. The predicted molar refractivity (Wildman–Crippen MR) is 343 cm³/mol. The Bertz CT molecular complexity index is 1260. The zero-order chi connectivity index (χ0) is 56.4. The minimum Gasteiger partial charge on any atom is -0.466 e. The lowest BCUT2D eigenvalue weighted by Gasteiger charge is -2.20. The maximum Gasteiger partial charge on any atom is 0.305 e. The molecule has 0 heterocycles. The van der Waals surface area contributed by atoms with Crippen molar-refractivity contribution < 1.29 is 24.5 Å². The molecule has 0 fully saturated rings. The molecule has 0 bridgehead atoms. The van der Waals surface area contributed by atoms with Crippen LogP contribution in [0.15, 0.2) is 36.5 Å². The summed E-state index contributed by atoms with van der Waals surface area (Å²) in [6.45, 7) is 4.89. The molecule has 6 heteroatoms. The van der Waals surface area contributed by atoms with Crippen molar-refractivity contribution in [1.29, 1.82) is 0 Å². The van der Waals surface area contributed by atoms with Gasteiger partial charge in [0.15, 0.2) is 0 Å². The number of aliphatic hydroxyl groups is 2. The van der Waals surface area contributed by atoms with Crippen LogP contribution in [0.1, 0.15) is 386 Å². The molecule has 0 rings (SSSR count). The molecule has 0 aromatic rings. The fourth-order valence-corrected chi connectivity index (χ4v) is 11.0. The first kappa shape index (κ1) is 76.1. The van der Waals surface area contributed by atoms with Gasteiger partial charge in [-0.05, 0) is 57.8 Å². The number of rotatable bonds is 66. The van der Waals surface area contributed by atoms with Crippen LogP contribution in [-0.4, -0.2) is 47.4 Å². The molecule has 0 spiro atoms. The summed E-state index contributed by atoms with van der Waals surface area (Å²) in [6.07, 6.45) is 86.6. The molecule has 0 aliphatic rings. The standard InChI is InChI=1S/C72H137NO5/c1-3-5-7-9-11-13-15-17-37-40-44-48-52-56-60-64-70(75)69(68-74)73-71(76)65-61-57-53-49-45-41-38-35-33-31-29-27-25-23-21-19-20-22-24-26-28-30-32-34-36-39-43-47-51-55-59-63-67-78-72(77)66-62-58-54-50-46-42-18-16-14-12-10-8-6-4-2/h10,12,16,18,60,64,69-70,74-75H,3-9,11,13-15,17,19-59,61-63,65-68H2,1-2H3,(H,73,76)/b12-10-,18-16-,64-60+. The Kier molecular flexibility index (Phi) is 65.9.